The second kappa shape index (κ2) is 9.49. The van der Waals surface area contributed by atoms with Gasteiger partial charge >= 0.3 is 0 Å². The fraction of sp³-hybridized carbons (Fsp3) is 0.500. The Hall–Kier alpha value is -2.91. The van der Waals surface area contributed by atoms with Crippen LogP contribution in [-0.2, 0) is 12.1 Å². The summed E-state index contributed by atoms with van der Waals surface area (Å²) in [4.78, 5) is 8.77. The van der Waals surface area contributed by atoms with E-state index < -0.39 is 5.54 Å². The molecule has 0 saturated carbocycles. The van der Waals surface area contributed by atoms with Crippen LogP contribution < -0.4 is 21.5 Å². The van der Waals surface area contributed by atoms with Crippen LogP contribution in [-0.4, -0.2) is 44.6 Å². The molecule has 3 rings (SSSR count). The van der Waals surface area contributed by atoms with E-state index in [1.165, 1.54) is 0 Å². The van der Waals surface area contributed by atoms with E-state index in [0.29, 0.717) is 24.3 Å². The number of aliphatic hydroxyl groups excluding tert-OH is 1. The zero-order chi connectivity index (χ0) is 22.6. The highest BCUT2D eigenvalue weighted by Crippen LogP contribution is 2.29. The standard InChI is InChI=1S/C22H33N7O2/c1-5-6-16(9-10-30)26-20-19-17(27-21(23)28-20)12-25-29(19)13-14-7-8-15(22(2,3)24)11-18(14)31-4/h7-8,11-12,16,30H,5-6,9-10,13,24H2,1-4H3,(H3,23,26,27,28)/t16-/m0/s1. The van der Waals surface area contributed by atoms with Crippen molar-refractivity contribution in [1.29, 1.82) is 0 Å². The monoisotopic (exact) mass is 427 g/mol. The van der Waals surface area contributed by atoms with Crippen molar-refractivity contribution in [2.75, 3.05) is 24.8 Å². The van der Waals surface area contributed by atoms with Gasteiger partial charge in [0.2, 0.25) is 5.95 Å². The van der Waals surface area contributed by atoms with Gasteiger partial charge in [-0.05, 0) is 38.3 Å². The molecule has 6 N–H and O–H groups in total. The molecule has 9 heteroatoms. The van der Waals surface area contributed by atoms with Gasteiger partial charge in [0, 0.05) is 23.8 Å². The van der Waals surface area contributed by atoms with E-state index in [9.17, 15) is 5.11 Å². The molecule has 2 heterocycles. The molecule has 0 saturated heterocycles. The number of hydrogen-bond donors (Lipinski definition) is 4. The summed E-state index contributed by atoms with van der Waals surface area (Å²) in [6.07, 6.45) is 4.20. The molecular formula is C22H33N7O2. The number of rotatable bonds is 10. The number of anilines is 2. The molecule has 9 nitrogen and oxygen atoms in total. The van der Waals surface area contributed by atoms with Crippen LogP contribution in [0.25, 0.3) is 11.0 Å². The largest absolute Gasteiger partial charge is 0.496 e. The third-order valence-electron chi connectivity index (χ3n) is 5.31. The Bertz CT molecular complexity index is 1020. The molecule has 0 aliphatic rings. The predicted octanol–water partition coefficient (Wildman–Crippen LogP) is 2.62. The number of methoxy groups -OCH3 is 1. The van der Waals surface area contributed by atoms with Crippen molar-refractivity contribution >= 4 is 22.8 Å². The van der Waals surface area contributed by atoms with Crippen molar-refractivity contribution < 1.29 is 9.84 Å². The van der Waals surface area contributed by atoms with Crippen LogP contribution in [0.15, 0.2) is 24.4 Å². The van der Waals surface area contributed by atoms with E-state index in [-0.39, 0.29) is 18.6 Å². The summed E-state index contributed by atoms with van der Waals surface area (Å²) in [5.74, 6) is 1.54. The van der Waals surface area contributed by atoms with Crippen molar-refractivity contribution in [3.63, 3.8) is 0 Å². The summed E-state index contributed by atoms with van der Waals surface area (Å²) < 4.78 is 7.47. The van der Waals surface area contributed by atoms with Crippen molar-refractivity contribution in [2.45, 2.75) is 58.2 Å². The number of nitrogen functional groups attached to an aromatic ring is 1. The lowest BCUT2D eigenvalue weighted by molar-refractivity contribution is 0.276. The molecule has 0 aliphatic carbocycles. The summed E-state index contributed by atoms with van der Waals surface area (Å²) >= 11 is 0. The minimum absolute atomic E-state index is 0.0801. The fourth-order valence-electron chi connectivity index (χ4n) is 3.66. The molecule has 0 unspecified atom stereocenters. The Labute approximate surface area is 182 Å². The highest BCUT2D eigenvalue weighted by molar-refractivity contribution is 5.86. The normalized spacial score (nSPS) is 12.8. The molecule has 0 bridgehead atoms. The molecule has 31 heavy (non-hydrogen) atoms. The maximum Gasteiger partial charge on any atom is 0.222 e. The smallest absolute Gasteiger partial charge is 0.222 e. The summed E-state index contributed by atoms with van der Waals surface area (Å²) in [5.41, 5.74) is 15.1. The number of nitrogens with zero attached hydrogens (tertiary/aromatic N) is 4. The third kappa shape index (κ3) is 5.23. The van der Waals surface area contributed by atoms with Gasteiger partial charge in [-0.15, -0.1) is 0 Å². The van der Waals surface area contributed by atoms with E-state index >= 15 is 0 Å². The van der Waals surface area contributed by atoms with Crippen LogP contribution >= 0.6 is 0 Å². The van der Waals surface area contributed by atoms with E-state index in [4.69, 9.17) is 16.2 Å². The number of nitrogens with two attached hydrogens (primary N) is 2. The van der Waals surface area contributed by atoms with Gasteiger partial charge in [-0.2, -0.15) is 10.1 Å². The lowest BCUT2D eigenvalue weighted by Crippen LogP contribution is -2.28. The molecule has 0 radical (unpaired) electrons. The van der Waals surface area contributed by atoms with Gasteiger partial charge in [0.25, 0.3) is 0 Å². The van der Waals surface area contributed by atoms with Crippen LogP contribution in [0.5, 0.6) is 5.75 Å². The number of nitrogens with one attached hydrogen (secondary N) is 1. The summed E-state index contributed by atoms with van der Waals surface area (Å²) in [5, 5.41) is 17.4. The van der Waals surface area contributed by atoms with Gasteiger partial charge in [0.1, 0.15) is 16.8 Å². The average Bonchev–Trinajstić information content (AvgIpc) is 3.10. The van der Waals surface area contributed by atoms with Gasteiger partial charge in [-0.3, -0.25) is 4.68 Å². The second-order valence-electron chi connectivity index (χ2n) is 8.36. The molecule has 0 fully saturated rings. The van der Waals surface area contributed by atoms with Gasteiger partial charge in [0.15, 0.2) is 5.82 Å². The number of benzene rings is 1. The number of aliphatic hydroxyl groups is 1. The van der Waals surface area contributed by atoms with Crippen LogP contribution in [0, 0.1) is 0 Å². The quantitative estimate of drug-likeness (QED) is 0.387. The first-order valence-corrected chi connectivity index (χ1v) is 10.6. The molecule has 0 spiro atoms. The molecular weight excluding hydrogens is 394 g/mol. The number of aromatic nitrogens is 4. The van der Waals surface area contributed by atoms with Gasteiger partial charge < -0.3 is 26.6 Å². The Balaban J connectivity index is 2.00. The van der Waals surface area contributed by atoms with E-state index in [2.05, 4.69) is 27.3 Å². The summed E-state index contributed by atoms with van der Waals surface area (Å²) in [7, 11) is 1.65. The van der Waals surface area contributed by atoms with Crippen molar-refractivity contribution in [3.05, 3.63) is 35.5 Å². The lowest BCUT2D eigenvalue weighted by atomic mass is 9.94. The first-order valence-electron chi connectivity index (χ1n) is 10.6. The van der Waals surface area contributed by atoms with Gasteiger partial charge in [0.05, 0.1) is 19.9 Å². The maximum absolute atomic E-state index is 9.42. The minimum Gasteiger partial charge on any atom is -0.496 e. The van der Waals surface area contributed by atoms with Crippen LogP contribution in [0.4, 0.5) is 11.8 Å². The van der Waals surface area contributed by atoms with Crippen molar-refractivity contribution in [1.82, 2.24) is 19.7 Å². The minimum atomic E-state index is -0.465. The Morgan fingerprint density at radius 2 is 2.03 bits per heavy atom. The van der Waals surface area contributed by atoms with E-state index in [0.717, 1.165) is 35.2 Å². The van der Waals surface area contributed by atoms with Gasteiger partial charge in [-0.1, -0.05) is 25.5 Å². The molecule has 1 atom stereocenters. The average molecular weight is 428 g/mol. The van der Waals surface area contributed by atoms with Crippen molar-refractivity contribution in [2.24, 2.45) is 5.73 Å². The molecule has 0 amide bonds. The zero-order valence-corrected chi connectivity index (χ0v) is 18.7. The Morgan fingerprint density at radius 3 is 2.68 bits per heavy atom. The van der Waals surface area contributed by atoms with Crippen molar-refractivity contribution in [3.8, 4) is 5.75 Å². The number of hydrogen-bond acceptors (Lipinski definition) is 8. The van der Waals surface area contributed by atoms with Crippen LogP contribution in [0.1, 0.15) is 51.2 Å². The zero-order valence-electron chi connectivity index (χ0n) is 18.7. The molecule has 2 aromatic heterocycles. The molecule has 3 aromatic rings. The molecule has 0 aliphatic heterocycles. The molecule has 168 valence electrons. The predicted molar refractivity (Wildman–Crippen MR) is 123 cm³/mol. The van der Waals surface area contributed by atoms with E-state index in [1.54, 1.807) is 13.3 Å². The lowest BCUT2D eigenvalue weighted by Gasteiger charge is -2.21. The first-order chi connectivity index (χ1) is 14.8. The second-order valence-corrected chi connectivity index (χ2v) is 8.36. The van der Waals surface area contributed by atoms with Gasteiger partial charge in [-0.25, -0.2) is 4.98 Å². The van der Waals surface area contributed by atoms with Crippen LogP contribution in [0.2, 0.25) is 0 Å². The summed E-state index contributed by atoms with van der Waals surface area (Å²) in [6, 6.07) is 6.06. The highest BCUT2D eigenvalue weighted by Gasteiger charge is 2.19. The third-order valence-corrected chi connectivity index (χ3v) is 5.31. The Kier molecular flexibility index (Phi) is 6.97. The van der Waals surface area contributed by atoms with Crippen LogP contribution in [0.3, 0.4) is 0 Å². The topological polar surface area (TPSA) is 137 Å². The fourth-order valence-corrected chi connectivity index (χ4v) is 3.66. The number of ether oxygens (including phenoxy) is 1. The summed E-state index contributed by atoms with van der Waals surface area (Å²) in [6.45, 7) is 6.60. The first kappa shape index (κ1) is 22.8. The number of fused-ring (bicyclic) bond motifs is 1. The Morgan fingerprint density at radius 1 is 1.26 bits per heavy atom. The SMILES string of the molecule is CCC[C@@H](CCO)Nc1nc(N)nc2cnn(Cc3ccc(C(C)(C)N)cc3OC)c12. The van der Waals surface area contributed by atoms with E-state index in [1.807, 2.05) is 36.7 Å². The highest BCUT2D eigenvalue weighted by atomic mass is 16.5. The molecule has 1 aromatic carbocycles. The maximum atomic E-state index is 9.42.